The molecule has 2 heterocycles. The number of piperidine rings is 1. The number of hydrogen-bond donors (Lipinski definition) is 0. The van der Waals surface area contributed by atoms with Crippen LogP contribution in [0.1, 0.15) is 31.7 Å². The fourth-order valence-corrected chi connectivity index (χ4v) is 3.72. The van der Waals surface area contributed by atoms with Gasteiger partial charge < -0.3 is 9.64 Å². The standard InChI is InChI=1S/C20H25FN4O3/c1-2-28-19(27)20(12-16-4-6-17(21)7-5-16)9-3-10-24(13-20)18(26)8-11-25-15-22-14-23-25/h4-7,14-15H,2-3,8-13H2,1H3/t20-/m0/s1. The zero-order valence-corrected chi connectivity index (χ0v) is 16.0. The van der Waals surface area contributed by atoms with E-state index in [2.05, 4.69) is 10.1 Å². The number of esters is 1. The van der Waals surface area contributed by atoms with Gasteiger partial charge in [0.1, 0.15) is 18.5 Å². The maximum atomic E-state index is 13.3. The van der Waals surface area contributed by atoms with Crippen LogP contribution in [0.4, 0.5) is 4.39 Å². The van der Waals surface area contributed by atoms with Crippen LogP contribution in [0.2, 0.25) is 0 Å². The first-order chi connectivity index (χ1) is 13.5. The Hall–Kier alpha value is -2.77. The highest BCUT2D eigenvalue weighted by Crippen LogP contribution is 2.35. The molecule has 1 aromatic heterocycles. The smallest absolute Gasteiger partial charge is 0.314 e. The summed E-state index contributed by atoms with van der Waals surface area (Å²) in [6.07, 6.45) is 5.06. The van der Waals surface area contributed by atoms with E-state index in [9.17, 15) is 14.0 Å². The number of nitrogens with zero attached hydrogens (tertiary/aromatic N) is 4. The Morgan fingerprint density at radius 3 is 2.75 bits per heavy atom. The second kappa shape index (κ2) is 8.95. The lowest BCUT2D eigenvalue weighted by molar-refractivity contribution is -0.160. The van der Waals surface area contributed by atoms with Crippen molar-refractivity contribution >= 4 is 11.9 Å². The highest BCUT2D eigenvalue weighted by atomic mass is 19.1. The van der Waals surface area contributed by atoms with Crippen molar-refractivity contribution in [1.82, 2.24) is 19.7 Å². The summed E-state index contributed by atoms with van der Waals surface area (Å²) in [5, 5.41) is 4.01. The number of aromatic nitrogens is 3. The van der Waals surface area contributed by atoms with Gasteiger partial charge in [0.15, 0.2) is 0 Å². The SMILES string of the molecule is CCOC(=O)[C@]1(Cc2ccc(F)cc2)CCCN(C(=O)CCn2cncn2)C1. The molecule has 2 aromatic rings. The molecule has 0 spiro atoms. The molecule has 1 fully saturated rings. The summed E-state index contributed by atoms with van der Waals surface area (Å²) < 4.78 is 20.2. The number of halogens is 1. The van der Waals surface area contributed by atoms with Gasteiger partial charge in [0.2, 0.25) is 5.91 Å². The predicted molar refractivity (Wildman–Crippen MR) is 99.6 cm³/mol. The zero-order valence-electron chi connectivity index (χ0n) is 16.0. The molecule has 1 aliphatic heterocycles. The minimum Gasteiger partial charge on any atom is -0.466 e. The third-order valence-corrected chi connectivity index (χ3v) is 5.12. The van der Waals surface area contributed by atoms with Crippen molar-refractivity contribution in [2.75, 3.05) is 19.7 Å². The van der Waals surface area contributed by atoms with Gasteiger partial charge in [0, 0.05) is 19.5 Å². The summed E-state index contributed by atoms with van der Waals surface area (Å²) >= 11 is 0. The molecule has 1 aliphatic rings. The number of aryl methyl sites for hydroxylation is 1. The molecule has 3 rings (SSSR count). The van der Waals surface area contributed by atoms with E-state index >= 15 is 0 Å². The van der Waals surface area contributed by atoms with E-state index in [1.54, 1.807) is 35.0 Å². The van der Waals surface area contributed by atoms with E-state index in [4.69, 9.17) is 4.74 Å². The van der Waals surface area contributed by atoms with Gasteiger partial charge in [-0.1, -0.05) is 12.1 Å². The van der Waals surface area contributed by atoms with Gasteiger partial charge in [-0.05, 0) is 43.9 Å². The lowest BCUT2D eigenvalue weighted by Gasteiger charge is -2.41. The third-order valence-electron chi connectivity index (χ3n) is 5.12. The maximum absolute atomic E-state index is 13.3. The van der Waals surface area contributed by atoms with Crippen molar-refractivity contribution in [2.24, 2.45) is 5.41 Å². The first-order valence-corrected chi connectivity index (χ1v) is 9.54. The van der Waals surface area contributed by atoms with Crippen molar-refractivity contribution in [1.29, 1.82) is 0 Å². The normalized spacial score (nSPS) is 19.4. The Balaban J connectivity index is 1.73. The Kier molecular flexibility index (Phi) is 6.38. The number of amides is 1. The molecule has 1 atom stereocenters. The van der Waals surface area contributed by atoms with E-state index in [0.717, 1.165) is 12.0 Å². The van der Waals surface area contributed by atoms with Crippen LogP contribution in [0, 0.1) is 11.2 Å². The number of carbonyl (C=O) groups excluding carboxylic acids is 2. The molecule has 1 saturated heterocycles. The Morgan fingerprint density at radius 2 is 2.07 bits per heavy atom. The summed E-state index contributed by atoms with van der Waals surface area (Å²) in [5.41, 5.74) is 0.0426. The average Bonchev–Trinajstić information content (AvgIpc) is 3.22. The Labute approximate surface area is 163 Å². The molecule has 0 aliphatic carbocycles. The van der Waals surface area contributed by atoms with Crippen LogP contribution in [-0.4, -0.2) is 51.2 Å². The van der Waals surface area contributed by atoms with Crippen LogP contribution in [-0.2, 0) is 27.3 Å². The van der Waals surface area contributed by atoms with Crippen LogP contribution in [0.5, 0.6) is 0 Å². The minimum absolute atomic E-state index is 0.0250. The Morgan fingerprint density at radius 1 is 1.29 bits per heavy atom. The predicted octanol–water partition coefficient (Wildman–Crippen LogP) is 2.22. The fraction of sp³-hybridized carbons (Fsp3) is 0.500. The number of rotatable bonds is 7. The molecule has 150 valence electrons. The van der Waals surface area contributed by atoms with Crippen molar-refractivity contribution in [2.45, 2.75) is 39.2 Å². The van der Waals surface area contributed by atoms with Gasteiger partial charge in [-0.3, -0.25) is 14.3 Å². The first kappa shape index (κ1) is 20.0. The number of likely N-dealkylation sites (tertiary alicyclic amines) is 1. The maximum Gasteiger partial charge on any atom is 0.314 e. The van der Waals surface area contributed by atoms with E-state index in [1.165, 1.54) is 18.5 Å². The molecule has 0 N–H and O–H groups in total. The largest absolute Gasteiger partial charge is 0.466 e. The van der Waals surface area contributed by atoms with Gasteiger partial charge in [-0.2, -0.15) is 5.10 Å². The molecule has 0 unspecified atom stereocenters. The number of benzene rings is 1. The van der Waals surface area contributed by atoms with Crippen molar-refractivity contribution in [3.63, 3.8) is 0 Å². The molecule has 28 heavy (non-hydrogen) atoms. The second-order valence-electron chi connectivity index (χ2n) is 7.13. The topological polar surface area (TPSA) is 77.3 Å². The molecule has 1 aromatic carbocycles. The Bertz CT molecular complexity index is 794. The van der Waals surface area contributed by atoms with Gasteiger partial charge in [-0.15, -0.1) is 0 Å². The molecule has 0 saturated carbocycles. The number of carbonyl (C=O) groups is 2. The van der Waals surface area contributed by atoms with Crippen LogP contribution in [0.15, 0.2) is 36.9 Å². The summed E-state index contributed by atoms with van der Waals surface area (Å²) in [5.74, 6) is -0.640. The third kappa shape index (κ3) is 4.74. The molecule has 7 nitrogen and oxygen atoms in total. The lowest BCUT2D eigenvalue weighted by Crippen LogP contribution is -2.51. The molecule has 0 bridgehead atoms. The highest BCUT2D eigenvalue weighted by molar-refractivity contribution is 5.81. The van der Waals surface area contributed by atoms with Gasteiger partial charge in [-0.25, -0.2) is 9.37 Å². The summed E-state index contributed by atoms with van der Waals surface area (Å²) in [6.45, 7) is 3.41. The lowest BCUT2D eigenvalue weighted by atomic mass is 9.75. The van der Waals surface area contributed by atoms with E-state index in [1.807, 2.05) is 0 Å². The quantitative estimate of drug-likeness (QED) is 0.680. The average molecular weight is 388 g/mol. The van der Waals surface area contributed by atoms with Crippen molar-refractivity contribution in [3.8, 4) is 0 Å². The minimum atomic E-state index is -0.811. The number of hydrogen-bond acceptors (Lipinski definition) is 5. The van der Waals surface area contributed by atoms with Crippen molar-refractivity contribution < 1.29 is 18.7 Å². The van der Waals surface area contributed by atoms with Crippen LogP contribution >= 0.6 is 0 Å². The number of ether oxygens (including phenoxy) is 1. The van der Waals surface area contributed by atoms with Crippen molar-refractivity contribution in [3.05, 3.63) is 48.3 Å². The van der Waals surface area contributed by atoms with E-state index in [0.29, 0.717) is 38.9 Å². The molecule has 8 heteroatoms. The molecular formula is C20H25FN4O3. The highest BCUT2D eigenvalue weighted by Gasteiger charge is 2.44. The molecule has 1 amide bonds. The van der Waals surface area contributed by atoms with E-state index in [-0.39, 0.29) is 24.3 Å². The zero-order chi connectivity index (χ0) is 20.0. The van der Waals surface area contributed by atoms with Gasteiger partial charge >= 0.3 is 5.97 Å². The summed E-state index contributed by atoms with van der Waals surface area (Å²) in [7, 11) is 0. The van der Waals surface area contributed by atoms with E-state index < -0.39 is 5.41 Å². The molecular weight excluding hydrogens is 363 g/mol. The van der Waals surface area contributed by atoms with Crippen LogP contribution < -0.4 is 0 Å². The first-order valence-electron chi connectivity index (χ1n) is 9.54. The van der Waals surface area contributed by atoms with Gasteiger partial charge in [0.25, 0.3) is 0 Å². The summed E-state index contributed by atoms with van der Waals surface area (Å²) in [6, 6.07) is 6.14. The van der Waals surface area contributed by atoms with Crippen LogP contribution in [0.3, 0.4) is 0 Å². The molecule has 0 radical (unpaired) electrons. The monoisotopic (exact) mass is 388 g/mol. The summed E-state index contributed by atoms with van der Waals surface area (Å²) in [4.78, 5) is 31.2. The second-order valence-corrected chi connectivity index (χ2v) is 7.13. The van der Waals surface area contributed by atoms with Gasteiger partial charge in [0.05, 0.1) is 18.6 Å². The fourth-order valence-electron chi connectivity index (χ4n) is 3.72. The van der Waals surface area contributed by atoms with Crippen LogP contribution in [0.25, 0.3) is 0 Å².